The number of thiophene rings is 1. The third-order valence-corrected chi connectivity index (χ3v) is 5.45. The number of aromatic nitrogens is 3. The van der Waals surface area contributed by atoms with Gasteiger partial charge in [-0.1, -0.05) is 18.2 Å². The van der Waals surface area contributed by atoms with Gasteiger partial charge in [0.25, 0.3) is 5.56 Å². The molecule has 1 aromatic carbocycles. The van der Waals surface area contributed by atoms with Crippen molar-refractivity contribution in [3.63, 3.8) is 0 Å². The van der Waals surface area contributed by atoms with Crippen molar-refractivity contribution in [3.8, 4) is 0 Å². The van der Waals surface area contributed by atoms with Gasteiger partial charge in [-0.15, -0.1) is 11.3 Å². The number of rotatable bonds is 6. The summed E-state index contributed by atoms with van der Waals surface area (Å²) in [7, 11) is 0. The fourth-order valence-electron chi connectivity index (χ4n) is 3.10. The number of nitrogens with zero attached hydrogens (tertiary/aromatic N) is 3. The summed E-state index contributed by atoms with van der Waals surface area (Å²) in [6.45, 7) is 0.0326. The number of hydrogen-bond acceptors (Lipinski definition) is 5. The van der Waals surface area contributed by atoms with Crippen LogP contribution >= 0.6 is 11.3 Å². The van der Waals surface area contributed by atoms with Gasteiger partial charge >= 0.3 is 5.69 Å². The van der Waals surface area contributed by atoms with Crippen LogP contribution in [0.3, 0.4) is 0 Å². The van der Waals surface area contributed by atoms with Gasteiger partial charge in [0.05, 0.1) is 12.1 Å². The first-order valence-electron chi connectivity index (χ1n) is 9.15. The Hall–Kier alpha value is -3.59. The van der Waals surface area contributed by atoms with E-state index in [0.717, 1.165) is 15.0 Å². The molecule has 0 aliphatic rings. The van der Waals surface area contributed by atoms with Crippen molar-refractivity contribution in [1.82, 2.24) is 19.4 Å². The SMILES string of the molecule is O=C(Cn1c(=O)n(Cc2cccs2)c(=O)c2ncccc21)NCc1ccc(F)cc1. The Bertz CT molecular complexity index is 1310. The van der Waals surface area contributed by atoms with Gasteiger partial charge in [0.1, 0.15) is 12.4 Å². The van der Waals surface area contributed by atoms with Crippen LogP contribution in [0.5, 0.6) is 0 Å². The van der Waals surface area contributed by atoms with E-state index < -0.39 is 17.2 Å². The Morgan fingerprint density at radius 2 is 1.87 bits per heavy atom. The van der Waals surface area contributed by atoms with Crippen molar-refractivity contribution in [2.24, 2.45) is 0 Å². The summed E-state index contributed by atoms with van der Waals surface area (Å²) < 4.78 is 15.4. The van der Waals surface area contributed by atoms with Crippen LogP contribution in [0.1, 0.15) is 10.4 Å². The molecule has 1 N–H and O–H groups in total. The Kier molecular flexibility index (Phi) is 5.53. The molecule has 7 nitrogen and oxygen atoms in total. The normalized spacial score (nSPS) is 11.0. The minimum atomic E-state index is -0.578. The van der Waals surface area contributed by atoms with Crippen LogP contribution in [0, 0.1) is 5.82 Å². The first kappa shape index (κ1) is 19.7. The van der Waals surface area contributed by atoms with Gasteiger partial charge in [-0.05, 0) is 41.3 Å². The van der Waals surface area contributed by atoms with Gasteiger partial charge in [-0.2, -0.15) is 0 Å². The van der Waals surface area contributed by atoms with E-state index in [4.69, 9.17) is 0 Å². The first-order chi connectivity index (χ1) is 14.5. The second-order valence-electron chi connectivity index (χ2n) is 6.61. The molecule has 0 atom stereocenters. The molecule has 4 aromatic rings. The van der Waals surface area contributed by atoms with E-state index in [1.807, 2.05) is 17.5 Å². The van der Waals surface area contributed by atoms with Gasteiger partial charge in [0.2, 0.25) is 5.91 Å². The molecule has 0 spiro atoms. The summed E-state index contributed by atoms with van der Waals surface area (Å²) in [4.78, 5) is 43.4. The lowest BCUT2D eigenvalue weighted by Gasteiger charge is -2.13. The molecule has 0 saturated heterocycles. The lowest BCUT2D eigenvalue weighted by Crippen LogP contribution is -2.43. The fraction of sp³-hybridized carbons (Fsp3) is 0.143. The lowest BCUT2D eigenvalue weighted by atomic mass is 10.2. The minimum absolute atomic E-state index is 0.110. The summed E-state index contributed by atoms with van der Waals surface area (Å²) in [6, 6.07) is 12.6. The van der Waals surface area contributed by atoms with Crippen LogP contribution in [0.15, 0.2) is 69.7 Å². The molecular formula is C21H17FN4O3S. The number of fused-ring (bicyclic) bond motifs is 1. The second kappa shape index (κ2) is 8.42. The summed E-state index contributed by atoms with van der Waals surface area (Å²) >= 11 is 1.43. The number of carbonyl (C=O) groups is 1. The number of benzene rings is 1. The Labute approximate surface area is 174 Å². The maximum absolute atomic E-state index is 13.1. The first-order valence-corrected chi connectivity index (χ1v) is 10.0. The lowest BCUT2D eigenvalue weighted by molar-refractivity contribution is -0.121. The maximum Gasteiger partial charge on any atom is 0.332 e. The van der Waals surface area contributed by atoms with Crippen molar-refractivity contribution in [3.05, 3.63) is 97.2 Å². The second-order valence-corrected chi connectivity index (χ2v) is 7.65. The number of halogens is 1. The molecule has 0 radical (unpaired) electrons. The molecule has 30 heavy (non-hydrogen) atoms. The molecule has 0 fully saturated rings. The van der Waals surface area contributed by atoms with Crippen LogP contribution in [-0.2, 0) is 24.4 Å². The standard InChI is InChI=1S/C21H17FN4O3S/c22-15-7-5-14(6-8-15)11-24-18(27)13-25-17-4-1-9-23-19(17)20(28)26(21(25)29)12-16-3-2-10-30-16/h1-10H,11-13H2,(H,24,27). The van der Waals surface area contributed by atoms with Gasteiger partial charge in [0.15, 0.2) is 5.52 Å². The van der Waals surface area contributed by atoms with Gasteiger partial charge in [-0.3, -0.25) is 18.7 Å². The summed E-state index contributed by atoms with van der Waals surface area (Å²) in [6.07, 6.45) is 1.47. The molecule has 0 saturated carbocycles. The van der Waals surface area contributed by atoms with Gasteiger partial charge < -0.3 is 5.32 Å². The molecule has 3 aromatic heterocycles. The fourth-order valence-corrected chi connectivity index (χ4v) is 3.79. The molecule has 1 amide bonds. The zero-order valence-corrected chi connectivity index (χ0v) is 16.6. The summed E-state index contributed by atoms with van der Waals surface area (Å²) in [5, 5.41) is 4.57. The van der Waals surface area contributed by atoms with Crippen molar-refractivity contribution < 1.29 is 9.18 Å². The zero-order valence-electron chi connectivity index (χ0n) is 15.7. The molecule has 4 rings (SSSR count). The zero-order chi connectivity index (χ0) is 21.1. The van der Waals surface area contributed by atoms with Crippen LogP contribution < -0.4 is 16.6 Å². The molecule has 0 aliphatic heterocycles. The van der Waals surface area contributed by atoms with Crippen molar-refractivity contribution in [2.45, 2.75) is 19.6 Å². The van der Waals surface area contributed by atoms with E-state index in [0.29, 0.717) is 5.52 Å². The highest BCUT2D eigenvalue weighted by Crippen LogP contribution is 2.10. The predicted octanol–water partition coefficient (Wildman–Crippen LogP) is 2.12. The molecule has 9 heteroatoms. The Morgan fingerprint density at radius 1 is 1.07 bits per heavy atom. The van der Waals surface area contributed by atoms with E-state index in [1.165, 1.54) is 34.2 Å². The van der Waals surface area contributed by atoms with Crippen LogP contribution in [0.4, 0.5) is 4.39 Å². The Balaban J connectivity index is 1.65. The van der Waals surface area contributed by atoms with E-state index in [2.05, 4.69) is 10.3 Å². The van der Waals surface area contributed by atoms with Crippen LogP contribution in [0.25, 0.3) is 11.0 Å². The van der Waals surface area contributed by atoms with Crippen molar-refractivity contribution in [2.75, 3.05) is 0 Å². The molecule has 0 bridgehead atoms. The predicted molar refractivity (Wildman–Crippen MR) is 112 cm³/mol. The molecule has 152 valence electrons. The highest BCUT2D eigenvalue weighted by atomic mass is 32.1. The largest absolute Gasteiger partial charge is 0.350 e. The highest BCUT2D eigenvalue weighted by molar-refractivity contribution is 7.09. The quantitative estimate of drug-likeness (QED) is 0.514. The smallest absolute Gasteiger partial charge is 0.332 e. The monoisotopic (exact) mass is 424 g/mol. The van der Waals surface area contributed by atoms with E-state index in [1.54, 1.807) is 24.3 Å². The van der Waals surface area contributed by atoms with E-state index in [9.17, 15) is 18.8 Å². The highest BCUT2D eigenvalue weighted by Gasteiger charge is 2.16. The number of hydrogen-bond donors (Lipinski definition) is 1. The third-order valence-electron chi connectivity index (χ3n) is 4.59. The third kappa shape index (κ3) is 4.06. The maximum atomic E-state index is 13.1. The summed E-state index contributed by atoms with van der Waals surface area (Å²) in [5.74, 6) is -0.767. The van der Waals surface area contributed by atoms with Crippen LogP contribution in [-0.4, -0.2) is 20.0 Å². The van der Waals surface area contributed by atoms with Gasteiger partial charge in [0, 0.05) is 17.6 Å². The molecule has 0 unspecified atom stereocenters. The van der Waals surface area contributed by atoms with Crippen molar-refractivity contribution >= 4 is 28.3 Å². The summed E-state index contributed by atoms with van der Waals surface area (Å²) in [5.41, 5.74) is 0.0796. The Morgan fingerprint density at radius 3 is 2.60 bits per heavy atom. The van der Waals surface area contributed by atoms with Crippen molar-refractivity contribution in [1.29, 1.82) is 0 Å². The van der Waals surface area contributed by atoms with Gasteiger partial charge in [-0.25, -0.2) is 14.2 Å². The average molecular weight is 424 g/mol. The number of nitrogens with one attached hydrogen (secondary N) is 1. The van der Waals surface area contributed by atoms with Crippen LogP contribution in [0.2, 0.25) is 0 Å². The average Bonchev–Trinajstić information content (AvgIpc) is 3.27. The van der Waals surface area contributed by atoms with E-state index in [-0.39, 0.29) is 31.0 Å². The molecule has 3 heterocycles. The number of carbonyl (C=O) groups excluding carboxylic acids is 1. The number of amides is 1. The number of pyridine rings is 1. The topological polar surface area (TPSA) is 86.0 Å². The minimum Gasteiger partial charge on any atom is -0.350 e. The molecular weight excluding hydrogens is 407 g/mol. The molecule has 0 aliphatic carbocycles. The van der Waals surface area contributed by atoms with E-state index >= 15 is 0 Å².